The molecule has 0 amide bonds. The summed E-state index contributed by atoms with van der Waals surface area (Å²) in [5.74, 6) is 0. The van der Waals surface area contributed by atoms with E-state index in [0.717, 1.165) is 16.6 Å². The second-order valence-electron chi connectivity index (χ2n) is 6.45. The van der Waals surface area contributed by atoms with Crippen LogP contribution in [0.25, 0.3) is 11.1 Å². The third kappa shape index (κ3) is 2.61. The molecule has 21 heavy (non-hydrogen) atoms. The highest BCUT2D eigenvalue weighted by Gasteiger charge is 2.51. The van der Waals surface area contributed by atoms with E-state index in [1.165, 1.54) is 0 Å². The van der Waals surface area contributed by atoms with Gasteiger partial charge in [-0.2, -0.15) is 0 Å². The van der Waals surface area contributed by atoms with Gasteiger partial charge in [0.05, 0.1) is 11.2 Å². The number of nitrogens with zero attached hydrogens (tertiary/aromatic N) is 1. The predicted molar refractivity (Wildman–Crippen MR) is 85.4 cm³/mol. The van der Waals surface area contributed by atoms with Crippen molar-refractivity contribution >= 4 is 12.6 Å². The second-order valence-corrected chi connectivity index (χ2v) is 6.45. The van der Waals surface area contributed by atoms with Gasteiger partial charge < -0.3 is 9.31 Å². The van der Waals surface area contributed by atoms with Crippen LogP contribution < -0.4 is 5.46 Å². The molecule has 2 heterocycles. The van der Waals surface area contributed by atoms with Crippen molar-refractivity contribution in [3.8, 4) is 11.1 Å². The Balaban J connectivity index is 1.92. The summed E-state index contributed by atoms with van der Waals surface area (Å²) in [5, 5.41) is 0. The molecule has 1 aliphatic rings. The molecular formula is C17H20BNO2. The lowest BCUT2D eigenvalue weighted by molar-refractivity contribution is 0.00578. The van der Waals surface area contributed by atoms with Gasteiger partial charge in [-0.05, 0) is 56.4 Å². The van der Waals surface area contributed by atoms with Crippen LogP contribution in [0.5, 0.6) is 0 Å². The Hall–Kier alpha value is -1.65. The van der Waals surface area contributed by atoms with E-state index in [4.69, 9.17) is 9.31 Å². The predicted octanol–water partition coefficient (Wildman–Crippen LogP) is 3.05. The average molecular weight is 281 g/mol. The molecule has 3 rings (SSSR count). The van der Waals surface area contributed by atoms with Gasteiger partial charge in [0.15, 0.2) is 0 Å². The van der Waals surface area contributed by atoms with Crippen molar-refractivity contribution in [3.63, 3.8) is 0 Å². The van der Waals surface area contributed by atoms with Crippen LogP contribution in [-0.4, -0.2) is 23.3 Å². The van der Waals surface area contributed by atoms with Crippen LogP contribution in [0, 0.1) is 0 Å². The van der Waals surface area contributed by atoms with Crippen molar-refractivity contribution in [1.82, 2.24) is 4.98 Å². The molecule has 1 aliphatic heterocycles. The summed E-state index contributed by atoms with van der Waals surface area (Å²) in [6, 6.07) is 12.3. The van der Waals surface area contributed by atoms with Crippen molar-refractivity contribution in [2.45, 2.75) is 38.9 Å². The van der Waals surface area contributed by atoms with E-state index in [1.54, 1.807) is 12.4 Å². The fourth-order valence-corrected chi connectivity index (χ4v) is 2.39. The SMILES string of the molecule is CC1(C)OB(c2cccc(-c3ccncc3)c2)OC1(C)C. The molecule has 2 aromatic rings. The molecule has 0 saturated carbocycles. The van der Waals surface area contributed by atoms with E-state index >= 15 is 0 Å². The quantitative estimate of drug-likeness (QED) is 0.793. The van der Waals surface area contributed by atoms with Crippen LogP contribution in [0.2, 0.25) is 0 Å². The molecule has 0 atom stereocenters. The van der Waals surface area contributed by atoms with E-state index in [1.807, 2.05) is 24.3 Å². The third-order valence-corrected chi connectivity index (χ3v) is 4.43. The highest BCUT2D eigenvalue weighted by Crippen LogP contribution is 2.36. The summed E-state index contributed by atoms with van der Waals surface area (Å²) in [4.78, 5) is 4.06. The van der Waals surface area contributed by atoms with Gasteiger partial charge in [-0.1, -0.05) is 24.3 Å². The summed E-state index contributed by atoms with van der Waals surface area (Å²) in [6.07, 6.45) is 3.60. The first kappa shape index (κ1) is 14.3. The number of hydrogen-bond acceptors (Lipinski definition) is 3. The minimum Gasteiger partial charge on any atom is -0.399 e. The zero-order chi connectivity index (χ0) is 15.1. The van der Waals surface area contributed by atoms with Crippen molar-refractivity contribution in [2.24, 2.45) is 0 Å². The van der Waals surface area contributed by atoms with Crippen LogP contribution in [0.15, 0.2) is 48.8 Å². The highest BCUT2D eigenvalue weighted by molar-refractivity contribution is 6.62. The number of aromatic nitrogens is 1. The van der Waals surface area contributed by atoms with Crippen LogP contribution >= 0.6 is 0 Å². The van der Waals surface area contributed by atoms with Gasteiger partial charge in [0.25, 0.3) is 0 Å². The molecule has 3 nitrogen and oxygen atoms in total. The van der Waals surface area contributed by atoms with Crippen molar-refractivity contribution in [2.75, 3.05) is 0 Å². The molecule has 108 valence electrons. The first-order chi connectivity index (χ1) is 9.89. The zero-order valence-corrected chi connectivity index (χ0v) is 13.0. The van der Waals surface area contributed by atoms with E-state index in [-0.39, 0.29) is 18.3 Å². The van der Waals surface area contributed by atoms with Gasteiger partial charge >= 0.3 is 7.12 Å². The topological polar surface area (TPSA) is 31.4 Å². The summed E-state index contributed by atoms with van der Waals surface area (Å²) in [7, 11) is -0.322. The van der Waals surface area contributed by atoms with Crippen molar-refractivity contribution in [3.05, 3.63) is 48.8 Å². The Morgan fingerprint density at radius 3 is 2.10 bits per heavy atom. The highest BCUT2D eigenvalue weighted by atomic mass is 16.7. The lowest BCUT2D eigenvalue weighted by Gasteiger charge is -2.32. The molecule has 0 bridgehead atoms. The van der Waals surface area contributed by atoms with Gasteiger partial charge in [0.1, 0.15) is 0 Å². The number of pyridine rings is 1. The molecule has 0 radical (unpaired) electrons. The van der Waals surface area contributed by atoms with Gasteiger partial charge in [-0.25, -0.2) is 0 Å². The molecular weight excluding hydrogens is 261 g/mol. The monoisotopic (exact) mass is 281 g/mol. The van der Waals surface area contributed by atoms with Gasteiger partial charge in [0.2, 0.25) is 0 Å². The summed E-state index contributed by atoms with van der Waals surface area (Å²) < 4.78 is 12.2. The minimum atomic E-state index is -0.322. The van der Waals surface area contributed by atoms with Crippen LogP contribution in [-0.2, 0) is 9.31 Å². The number of benzene rings is 1. The Kier molecular flexibility index (Phi) is 3.38. The Bertz CT molecular complexity index is 624. The average Bonchev–Trinajstić information content (AvgIpc) is 2.69. The molecule has 0 spiro atoms. The van der Waals surface area contributed by atoms with Crippen LogP contribution in [0.4, 0.5) is 0 Å². The standard InChI is InChI=1S/C17H20BNO2/c1-16(2)17(3,4)21-18(20-16)15-7-5-6-14(12-15)13-8-10-19-11-9-13/h5-12H,1-4H3. The summed E-state index contributed by atoms with van der Waals surface area (Å²) in [6.45, 7) is 8.28. The molecule has 0 unspecified atom stereocenters. The minimum absolute atomic E-state index is 0.315. The lowest BCUT2D eigenvalue weighted by atomic mass is 9.78. The third-order valence-electron chi connectivity index (χ3n) is 4.43. The maximum atomic E-state index is 6.11. The maximum Gasteiger partial charge on any atom is 0.494 e. The Morgan fingerprint density at radius 1 is 0.857 bits per heavy atom. The van der Waals surface area contributed by atoms with Gasteiger partial charge in [-0.15, -0.1) is 0 Å². The smallest absolute Gasteiger partial charge is 0.399 e. The van der Waals surface area contributed by atoms with Crippen molar-refractivity contribution in [1.29, 1.82) is 0 Å². The number of rotatable bonds is 2. The van der Waals surface area contributed by atoms with Crippen LogP contribution in [0.3, 0.4) is 0 Å². The lowest BCUT2D eigenvalue weighted by Crippen LogP contribution is -2.41. The van der Waals surface area contributed by atoms with Crippen LogP contribution in [0.1, 0.15) is 27.7 Å². The Labute approximate surface area is 126 Å². The first-order valence-corrected chi connectivity index (χ1v) is 7.25. The van der Waals surface area contributed by atoms with Crippen molar-refractivity contribution < 1.29 is 9.31 Å². The molecule has 0 N–H and O–H groups in total. The molecule has 1 aromatic heterocycles. The maximum absolute atomic E-state index is 6.11. The fourth-order valence-electron chi connectivity index (χ4n) is 2.39. The molecule has 0 aliphatic carbocycles. The molecule has 1 fully saturated rings. The zero-order valence-electron chi connectivity index (χ0n) is 13.0. The largest absolute Gasteiger partial charge is 0.494 e. The molecule has 4 heteroatoms. The van der Waals surface area contributed by atoms with E-state index < -0.39 is 0 Å². The summed E-state index contributed by atoms with van der Waals surface area (Å²) in [5.41, 5.74) is 2.70. The number of hydrogen-bond donors (Lipinski definition) is 0. The molecule has 1 aromatic carbocycles. The van der Waals surface area contributed by atoms with E-state index in [2.05, 4.69) is 44.8 Å². The first-order valence-electron chi connectivity index (χ1n) is 7.25. The van der Waals surface area contributed by atoms with Gasteiger partial charge in [-0.3, -0.25) is 4.98 Å². The fraction of sp³-hybridized carbons (Fsp3) is 0.353. The van der Waals surface area contributed by atoms with E-state index in [0.29, 0.717) is 0 Å². The van der Waals surface area contributed by atoms with Gasteiger partial charge in [0, 0.05) is 12.4 Å². The summed E-state index contributed by atoms with van der Waals surface area (Å²) >= 11 is 0. The normalized spacial score (nSPS) is 19.7. The molecule has 1 saturated heterocycles. The van der Waals surface area contributed by atoms with E-state index in [9.17, 15) is 0 Å². The second kappa shape index (κ2) is 4.97. The Morgan fingerprint density at radius 2 is 1.48 bits per heavy atom.